The number of nitrogens with two attached hydrogens (primary N) is 1. The summed E-state index contributed by atoms with van der Waals surface area (Å²) < 4.78 is 30.3. The molecule has 1 aliphatic rings. The molecule has 10 nitrogen and oxygen atoms in total. The van der Waals surface area contributed by atoms with Gasteiger partial charge in [0.15, 0.2) is 26.5 Å². The number of nitrogens with zero attached hydrogens (tertiary/aromatic N) is 6. The Kier molecular flexibility index (Phi) is 5.19. The molecule has 12 heteroatoms. The molecule has 4 aromatic rings. The van der Waals surface area contributed by atoms with Crippen LogP contribution in [-0.4, -0.2) is 65.9 Å². The van der Waals surface area contributed by atoms with E-state index < -0.39 is 9.84 Å². The molecule has 0 unspecified atom stereocenters. The normalized spacial score (nSPS) is 14.7. The Morgan fingerprint density at radius 2 is 1.81 bits per heavy atom. The van der Waals surface area contributed by atoms with Gasteiger partial charge in [-0.25, -0.2) is 33.3 Å². The number of fused-ring (bicyclic) bond motifs is 1. The maximum Gasteiger partial charge on any atom is 0.219 e. The molecular weight excluding hydrogens is 450 g/mol. The largest absolute Gasteiger partial charge is 0.378 e. The Labute approximate surface area is 188 Å². The van der Waals surface area contributed by atoms with Crippen molar-refractivity contribution < 1.29 is 13.2 Å². The molecule has 164 valence electrons. The molecule has 1 fully saturated rings. The predicted octanol–water partition coefficient (Wildman–Crippen LogP) is 2.03. The fraction of sp³-hybridized carbons (Fsp3) is 0.250. The molecule has 0 bridgehead atoms. The van der Waals surface area contributed by atoms with Crippen LogP contribution in [0.1, 0.15) is 0 Å². The molecule has 32 heavy (non-hydrogen) atoms. The second-order valence-corrected chi connectivity index (χ2v) is 10.3. The Bertz CT molecular complexity index is 1400. The number of morpholine rings is 1. The minimum Gasteiger partial charge on any atom is -0.378 e. The van der Waals surface area contributed by atoms with E-state index in [9.17, 15) is 8.42 Å². The minimum atomic E-state index is -3.42. The van der Waals surface area contributed by atoms with E-state index >= 15 is 0 Å². The van der Waals surface area contributed by atoms with Crippen LogP contribution in [0, 0.1) is 0 Å². The van der Waals surface area contributed by atoms with Crippen LogP contribution in [0.25, 0.3) is 32.0 Å². The van der Waals surface area contributed by atoms with Crippen molar-refractivity contribution in [2.24, 2.45) is 0 Å². The Morgan fingerprint density at radius 3 is 2.53 bits per heavy atom. The fourth-order valence-electron chi connectivity index (χ4n) is 3.39. The number of nitrogen functional groups attached to an aromatic ring is 1. The first kappa shape index (κ1) is 20.7. The number of thiophene rings is 1. The quantitative estimate of drug-likeness (QED) is 0.472. The summed E-state index contributed by atoms with van der Waals surface area (Å²) in [4.78, 5) is 24.7. The molecule has 0 radical (unpaired) electrons. The van der Waals surface area contributed by atoms with E-state index in [2.05, 4.69) is 19.9 Å². The highest BCUT2D eigenvalue weighted by Gasteiger charge is 2.21. The number of pyridine rings is 1. The van der Waals surface area contributed by atoms with Crippen LogP contribution in [0.15, 0.2) is 41.8 Å². The molecule has 0 saturated carbocycles. The van der Waals surface area contributed by atoms with Crippen LogP contribution in [0.4, 0.5) is 11.8 Å². The van der Waals surface area contributed by atoms with E-state index in [1.54, 1.807) is 24.5 Å². The fourth-order valence-corrected chi connectivity index (χ4v) is 5.10. The van der Waals surface area contributed by atoms with Gasteiger partial charge in [0.05, 0.1) is 29.0 Å². The lowest BCUT2D eigenvalue weighted by atomic mass is 10.2. The summed E-state index contributed by atoms with van der Waals surface area (Å²) in [5.41, 5.74) is 7.79. The SMILES string of the molecule is CS(=O)(=O)c1cc(-c2cc3nc(-c4cnc(N)nc4)nc(N4CCOCC4)c3s2)ccn1. The van der Waals surface area contributed by atoms with Crippen LogP contribution in [0.3, 0.4) is 0 Å². The van der Waals surface area contributed by atoms with Gasteiger partial charge in [0.1, 0.15) is 0 Å². The first-order valence-corrected chi connectivity index (χ1v) is 12.5. The third-order valence-corrected chi connectivity index (χ3v) is 7.15. The molecule has 5 heterocycles. The second-order valence-electron chi connectivity index (χ2n) is 7.28. The Balaban J connectivity index is 1.67. The van der Waals surface area contributed by atoms with Crippen LogP contribution >= 0.6 is 11.3 Å². The van der Waals surface area contributed by atoms with Gasteiger partial charge in [-0.1, -0.05) is 0 Å². The van der Waals surface area contributed by atoms with Crippen LogP contribution in [0.5, 0.6) is 0 Å². The van der Waals surface area contributed by atoms with Crippen molar-refractivity contribution in [1.82, 2.24) is 24.9 Å². The molecule has 1 aliphatic heterocycles. The molecule has 4 aromatic heterocycles. The number of rotatable bonds is 4. The summed E-state index contributed by atoms with van der Waals surface area (Å²) in [6.45, 7) is 2.66. The van der Waals surface area contributed by atoms with Gasteiger partial charge in [-0.2, -0.15) is 0 Å². The van der Waals surface area contributed by atoms with Gasteiger partial charge in [0, 0.05) is 42.8 Å². The lowest BCUT2D eigenvalue weighted by Crippen LogP contribution is -2.36. The molecule has 0 spiro atoms. The van der Waals surface area contributed by atoms with Gasteiger partial charge >= 0.3 is 0 Å². The zero-order chi connectivity index (χ0) is 22.3. The van der Waals surface area contributed by atoms with E-state index in [1.165, 1.54) is 17.5 Å². The van der Waals surface area contributed by atoms with Crippen LogP contribution in [0.2, 0.25) is 0 Å². The monoisotopic (exact) mass is 469 g/mol. The smallest absolute Gasteiger partial charge is 0.219 e. The van der Waals surface area contributed by atoms with Crippen molar-refractivity contribution in [2.45, 2.75) is 5.03 Å². The molecule has 1 saturated heterocycles. The molecule has 0 aliphatic carbocycles. The number of hydrogen-bond acceptors (Lipinski definition) is 11. The van der Waals surface area contributed by atoms with E-state index in [0.717, 1.165) is 32.7 Å². The van der Waals surface area contributed by atoms with Crippen molar-refractivity contribution >= 4 is 43.2 Å². The summed E-state index contributed by atoms with van der Waals surface area (Å²) in [7, 11) is -3.42. The van der Waals surface area contributed by atoms with E-state index in [1.807, 2.05) is 6.07 Å². The maximum absolute atomic E-state index is 12.0. The Morgan fingerprint density at radius 1 is 1.06 bits per heavy atom. The summed E-state index contributed by atoms with van der Waals surface area (Å²) >= 11 is 1.51. The van der Waals surface area contributed by atoms with Crippen LogP contribution in [-0.2, 0) is 14.6 Å². The van der Waals surface area contributed by atoms with Gasteiger partial charge in [-0.3, -0.25) is 0 Å². The lowest BCUT2D eigenvalue weighted by Gasteiger charge is -2.28. The van der Waals surface area contributed by atoms with Gasteiger partial charge in [-0.05, 0) is 23.8 Å². The van der Waals surface area contributed by atoms with Gasteiger partial charge in [0.2, 0.25) is 5.95 Å². The van der Waals surface area contributed by atoms with Gasteiger partial charge < -0.3 is 15.4 Å². The van der Waals surface area contributed by atoms with Gasteiger partial charge in [0.25, 0.3) is 0 Å². The van der Waals surface area contributed by atoms with E-state index in [4.69, 9.17) is 20.4 Å². The molecule has 2 N–H and O–H groups in total. The maximum atomic E-state index is 12.0. The molecular formula is C20H19N7O3S2. The highest BCUT2D eigenvalue weighted by molar-refractivity contribution is 7.90. The van der Waals surface area contributed by atoms with Crippen LogP contribution < -0.4 is 10.6 Å². The topological polar surface area (TPSA) is 137 Å². The lowest BCUT2D eigenvalue weighted by molar-refractivity contribution is 0.122. The summed E-state index contributed by atoms with van der Waals surface area (Å²) in [6.07, 6.45) is 5.84. The van der Waals surface area contributed by atoms with Crippen molar-refractivity contribution in [2.75, 3.05) is 43.2 Å². The Hall–Kier alpha value is -3.22. The van der Waals surface area contributed by atoms with Crippen molar-refractivity contribution in [3.63, 3.8) is 0 Å². The molecule has 0 aromatic carbocycles. The zero-order valence-corrected chi connectivity index (χ0v) is 18.7. The zero-order valence-electron chi connectivity index (χ0n) is 17.1. The number of anilines is 2. The molecule has 5 rings (SSSR count). The van der Waals surface area contributed by atoms with Crippen molar-refractivity contribution in [1.29, 1.82) is 0 Å². The molecule has 0 atom stereocenters. The average Bonchev–Trinajstić information content (AvgIpc) is 3.23. The standard InChI is InChI=1S/C20H19N7O3S2/c1-32(28,29)16-8-12(2-3-22-16)15-9-14-17(31-15)19(27-4-6-30-7-5-27)26-18(25-14)13-10-23-20(21)24-11-13/h2-3,8-11H,4-7H2,1H3,(H2,21,23,24). The number of hydrogen-bond donors (Lipinski definition) is 1. The van der Waals surface area contributed by atoms with E-state index in [-0.39, 0.29) is 11.0 Å². The third kappa shape index (κ3) is 3.99. The highest BCUT2D eigenvalue weighted by atomic mass is 32.2. The number of ether oxygens (including phenoxy) is 1. The summed E-state index contributed by atoms with van der Waals surface area (Å²) in [5.74, 6) is 1.48. The highest BCUT2D eigenvalue weighted by Crippen LogP contribution is 2.39. The first-order chi connectivity index (χ1) is 15.4. The number of aromatic nitrogens is 5. The predicted molar refractivity (Wildman–Crippen MR) is 122 cm³/mol. The number of sulfone groups is 1. The van der Waals surface area contributed by atoms with Crippen molar-refractivity contribution in [3.05, 3.63) is 36.8 Å². The van der Waals surface area contributed by atoms with E-state index in [0.29, 0.717) is 37.7 Å². The van der Waals surface area contributed by atoms with Gasteiger partial charge in [-0.15, -0.1) is 11.3 Å². The summed E-state index contributed by atoms with van der Waals surface area (Å²) in [6, 6.07) is 5.31. The molecule has 0 amide bonds. The minimum absolute atomic E-state index is 0.0339. The third-order valence-electron chi connectivity index (χ3n) is 4.99. The summed E-state index contributed by atoms with van der Waals surface area (Å²) in [5, 5.41) is 0.0339. The second kappa shape index (κ2) is 8.04. The van der Waals surface area contributed by atoms with Crippen molar-refractivity contribution in [3.8, 4) is 21.8 Å². The average molecular weight is 470 g/mol. The first-order valence-electron chi connectivity index (χ1n) is 9.77.